The first kappa shape index (κ1) is 10.9. The molecule has 1 aliphatic carbocycles. The fraction of sp³-hybridized carbons (Fsp3) is 0.455. The summed E-state index contributed by atoms with van der Waals surface area (Å²) in [5.41, 5.74) is 1.38. The SMILES string of the molecule is C[C@@H](Nc1ncnc2c1ncn2C1CC1)C(=O)O. The number of imidazole rings is 1. The molecule has 0 unspecified atom stereocenters. The zero-order valence-corrected chi connectivity index (χ0v) is 9.87. The lowest BCUT2D eigenvalue weighted by Crippen LogP contribution is -2.26. The third-order valence-electron chi connectivity index (χ3n) is 3.02. The van der Waals surface area contributed by atoms with E-state index in [-0.39, 0.29) is 0 Å². The van der Waals surface area contributed by atoms with Gasteiger partial charge in [-0.25, -0.2) is 15.0 Å². The van der Waals surface area contributed by atoms with Crippen LogP contribution in [-0.4, -0.2) is 36.6 Å². The van der Waals surface area contributed by atoms with Crippen molar-refractivity contribution in [3.05, 3.63) is 12.7 Å². The number of rotatable bonds is 4. The Bertz CT molecular complexity index is 604. The molecule has 0 amide bonds. The van der Waals surface area contributed by atoms with Crippen LogP contribution in [-0.2, 0) is 4.79 Å². The van der Waals surface area contributed by atoms with Crippen LogP contribution in [0.3, 0.4) is 0 Å². The molecule has 1 aliphatic rings. The van der Waals surface area contributed by atoms with Crippen LogP contribution in [0.2, 0.25) is 0 Å². The van der Waals surface area contributed by atoms with Crippen molar-refractivity contribution in [1.82, 2.24) is 19.5 Å². The van der Waals surface area contributed by atoms with Crippen LogP contribution in [0.15, 0.2) is 12.7 Å². The fourth-order valence-electron chi connectivity index (χ4n) is 1.84. The van der Waals surface area contributed by atoms with Gasteiger partial charge in [0.2, 0.25) is 0 Å². The zero-order valence-electron chi connectivity index (χ0n) is 9.87. The molecule has 0 aromatic carbocycles. The van der Waals surface area contributed by atoms with Gasteiger partial charge in [-0.2, -0.15) is 0 Å². The summed E-state index contributed by atoms with van der Waals surface area (Å²) in [4.78, 5) is 23.4. The van der Waals surface area contributed by atoms with Gasteiger partial charge in [0.1, 0.15) is 17.9 Å². The van der Waals surface area contributed by atoms with Gasteiger partial charge >= 0.3 is 5.97 Å². The highest BCUT2D eigenvalue weighted by atomic mass is 16.4. The predicted octanol–water partition coefficient (Wildman–Crippen LogP) is 1.05. The van der Waals surface area contributed by atoms with E-state index in [9.17, 15) is 4.79 Å². The van der Waals surface area contributed by atoms with E-state index in [0.29, 0.717) is 17.4 Å². The Labute approximate surface area is 103 Å². The molecule has 1 atom stereocenters. The molecule has 2 aromatic rings. The van der Waals surface area contributed by atoms with E-state index in [4.69, 9.17) is 5.11 Å². The molecule has 94 valence electrons. The smallest absolute Gasteiger partial charge is 0.325 e. The number of carboxylic acid groups (broad SMARTS) is 1. The number of carbonyl (C=O) groups is 1. The minimum atomic E-state index is -0.927. The summed E-state index contributed by atoms with van der Waals surface area (Å²) in [5.74, 6) is -0.460. The topological polar surface area (TPSA) is 92.9 Å². The molecule has 0 radical (unpaired) electrons. The molecule has 0 saturated heterocycles. The summed E-state index contributed by atoms with van der Waals surface area (Å²) >= 11 is 0. The van der Waals surface area contributed by atoms with Gasteiger partial charge in [-0.3, -0.25) is 4.79 Å². The third kappa shape index (κ3) is 1.77. The Kier molecular flexibility index (Phi) is 2.39. The van der Waals surface area contributed by atoms with Gasteiger partial charge in [0, 0.05) is 6.04 Å². The Morgan fingerprint density at radius 2 is 2.28 bits per heavy atom. The van der Waals surface area contributed by atoms with E-state index >= 15 is 0 Å². The lowest BCUT2D eigenvalue weighted by Gasteiger charge is -2.09. The highest BCUT2D eigenvalue weighted by Crippen LogP contribution is 2.37. The molecule has 7 nitrogen and oxygen atoms in total. The van der Waals surface area contributed by atoms with Gasteiger partial charge in [0.25, 0.3) is 0 Å². The second-order valence-electron chi connectivity index (χ2n) is 4.48. The standard InChI is InChI=1S/C11H13N5O2/c1-6(11(17)18)15-9-8-10(13-4-12-9)16(5-14-8)7-2-3-7/h4-7H,2-3H2,1H3,(H,17,18)(H,12,13,15)/t6-/m1/s1. The van der Waals surface area contributed by atoms with Crippen LogP contribution in [0.25, 0.3) is 11.2 Å². The third-order valence-corrected chi connectivity index (χ3v) is 3.02. The van der Waals surface area contributed by atoms with E-state index in [2.05, 4.69) is 20.3 Å². The molecule has 1 fully saturated rings. The number of fused-ring (bicyclic) bond motifs is 1. The highest BCUT2D eigenvalue weighted by Gasteiger charge is 2.26. The summed E-state index contributed by atoms with van der Waals surface area (Å²) in [6, 6.07) is -0.233. The molecule has 2 heterocycles. The average molecular weight is 247 g/mol. The predicted molar refractivity (Wildman–Crippen MR) is 64.3 cm³/mol. The highest BCUT2D eigenvalue weighted by molar-refractivity contribution is 5.85. The number of hydrogen-bond acceptors (Lipinski definition) is 5. The van der Waals surface area contributed by atoms with Crippen molar-refractivity contribution in [3.8, 4) is 0 Å². The van der Waals surface area contributed by atoms with Gasteiger partial charge in [-0.15, -0.1) is 0 Å². The second kappa shape index (κ2) is 3.94. The van der Waals surface area contributed by atoms with Crippen molar-refractivity contribution < 1.29 is 9.90 Å². The van der Waals surface area contributed by atoms with Gasteiger partial charge in [-0.1, -0.05) is 0 Å². The lowest BCUT2D eigenvalue weighted by molar-refractivity contribution is -0.137. The first-order chi connectivity index (χ1) is 8.66. The molecule has 3 rings (SSSR count). The average Bonchev–Trinajstić information content (AvgIpc) is 3.09. The molecule has 0 bridgehead atoms. The maximum atomic E-state index is 10.8. The van der Waals surface area contributed by atoms with Crippen molar-refractivity contribution in [1.29, 1.82) is 0 Å². The molecule has 2 aromatic heterocycles. The molecular formula is C11H13N5O2. The van der Waals surface area contributed by atoms with Gasteiger partial charge in [0.15, 0.2) is 11.5 Å². The number of anilines is 1. The minimum Gasteiger partial charge on any atom is -0.480 e. The monoisotopic (exact) mass is 247 g/mol. The van der Waals surface area contributed by atoms with Crippen LogP contribution in [0.5, 0.6) is 0 Å². The Morgan fingerprint density at radius 3 is 2.94 bits per heavy atom. The second-order valence-corrected chi connectivity index (χ2v) is 4.48. The van der Waals surface area contributed by atoms with Crippen molar-refractivity contribution >= 4 is 23.0 Å². The van der Waals surface area contributed by atoms with Gasteiger partial charge in [-0.05, 0) is 19.8 Å². The summed E-state index contributed by atoms with van der Waals surface area (Å²) in [6.07, 6.45) is 5.46. The van der Waals surface area contributed by atoms with Crippen LogP contribution < -0.4 is 5.32 Å². The summed E-state index contributed by atoms with van der Waals surface area (Å²) in [5, 5.41) is 11.7. The van der Waals surface area contributed by atoms with Crippen molar-refractivity contribution in [3.63, 3.8) is 0 Å². The Morgan fingerprint density at radius 1 is 1.50 bits per heavy atom. The number of carboxylic acids is 1. The molecule has 0 aliphatic heterocycles. The van der Waals surface area contributed by atoms with E-state index in [1.807, 2.05) is 4.57 Å². The Hall–Kier alpha value is -2.18. The first-order valence-electron chi connectivity index (χ1n) is 5.83. The molecule has 2 N–H and O–H groups in total. The number of nitrogens with one attached hydrogen (secondary N) is 1. The molecular weight excluding hydrogens is 234 g/mol. The van der Waals surface area contributed by atoms with Crippen LogP contribution in [0, 0.1) is 0 Å². The van der Waals surface area contributed by atoms with Gasteiger partial charge in [0.05, 0.1) is 6.33 Å². The maximum Gasteiger partial charge on any atom is 0.325 e. The normalized spacial score (nSPS) is 16.7. The fourth-order valence-corrected chi connectivity index (χ4v) is 1.84. The largest absolute Gasteiger partial charge is 0.480 e. The van der Waals surface area contributed by atoms with Crippen LogP contribution >= 0.6 is 0 Å². The van der Waals surface area contributed by atoms with Crippen molar-refractivity contribution in [2.45, 2.75) is 31.8 Å². The molecule has 1 saturated carbocycles. The van der Waals surface area contributed by atoms with Gasteiger partial charge < -0.3 is 15.0 Å². The minimum absolute atomic E-state index is 0.467. The van der Waals surface area contributed by atoms with E-state index < -0.39 is 12.0 Å². The van der Waals surface area contributed by atoms with E-state index in [1.54, 1.807) is 13.3 Å². The summed E-state index contributed by atoms with van der Waals surface area (Å²) in [6.45, 7) is 1.56. The number of hydrogen-bond donors (Lipinski definition) is 2. The first-order valence-corrected chi connectivity index (χ1v) is 5.83. The quantitative estimate of drug-likeness (QED) is 0.838. The molecule has 0 spiro atoms. The Balaban J connectivity index is 1.99. The lowest BCUT2D eigenvalue weighted by atomic mass is 10.3. The van der Waals surface area contributed by atoms with Crippen molar-refractivity contribution in [2.24, 2.45) is 0 Å². The van der Waals surface area contributed by atoms with E-state index in [1.165, 1.54) is 6.33 Å². The molecule has 7 heteroatoms. The van der Waals surface area contributed by atoms with Crippen LogP contribution in [0.1, 0.15) is 25.8 Å². The van der Waals surface area contributed by atoms with Crippen LogP contribution in [0.4, 0.5) is 5.82 Å². The van der Waals surface area contributed by atoms with Crippen molar-refractivity contribution in [2.75, 3.05) is 5.32 Å². The number of aromatic nitrogens is 4. The summed E-state index contributed by atoms with van der Waals surface area (Å²) in [7, 11) is 0. The number of nitrogens with zero attached hydrogens (tertiary/aromatic N) is 4. The summed E-state index contributed by atoms with van der Waals surface area (Å²) < 4.78 is 2.02. The maximum absolute atomic E-state index is 10.8. The zero-order chi connectivity index (χ0) is 12.7. The molecule has 18 heavy (non-hydrogen) atoms. The van der Waals surface area contributed by atoms with E-state index in [0.717, 1.165) is 18.5 Å². The number of aliphatic carboxylic acids is 1.